The number of hydrogen-bond acceptors (Lipinski definition) is 5. The monoisotopic (exact) mass is 294 g/mol. The molecule has 0 fully saturated rings. The van der Waals surface area contributed by atoms with E-state index in [1.165, 1.54) is 0 Å². The average Bonchev–Trinajstić information content (AvgIpc) is 2.49. The third kappa shape index (κ3) is 5.34. The molecule has 6 nitrogen and oxygen atoms in total. The minimum Gasteiger partial charge on any atom is -0.482 e. The molecule has 0 saturated heterocycles. The summed E-state index contributed by atoms with van der Waals surface area (Å²) in [6.45, 7) is 3.73. The molecule has 1 amide bonds. The summed E-state index contributed by atoms with van der Waals surface area (Å²) in [5.41, 5.74) is 1.85. The molecular formula is C15H22N2O4. The van der Waals surface area contributed by atoms with Crippen LogP contribution >= 0.6 is 0 Å². The number of fused-ring (bicyclic) bond motifs is 1. The van der Waals surface area contributed by atoms with E-state index in [2.05, 4.69) is 10.6 Å². The minimum absolute atomic E-state index is 0.0909. The van der Waals surface area contributed by atoms with Crippen LogP contribution in [0.15, 0.2) is 18.2 Å². The SMILES string of the molecule is COCCOCCCNCc1ccc2c(c1)NC(=O)CO2. The van der Waals surface area contributed by atoms with E-state index in [4.69, 9.17) is 14.2 Å². The summed E-state index contributed by atoms with van der Waals surface area (Å²) in [4.78, 5) is 11.3. The molecule has 1 aliphatic rings. The van der Waals surface area contributed by atoms with Crippen LogP contribution in [0, 0.1) is 0 Å². The number of ether oxygens (including phenoxy) is 3. The van der Waals surface area contributed by atoms with E-state index in [0.29, 0.717) is 13.2 Å². The van der Waals surface area contributed by atoms with Crippen molar-refractivity contribution in [3.63, 3.8) is 0 Å². The van der Waals surface area contributed by atoms with Crippen molar-refractivity contribution in [2.75, 3.05) is 45.4 Å². The van der Waals surface area contributed by atoms with Crippen LogP contribution in [0.4, 0.5) is 5.69 Å². The lowest BCUT2D eigenvalue weighted by Crippen LogP contribution is -2.25. The Morgan fingerprint density at radius 2 is 2.24 bits per heavy atom. The van der Waals surface area contributed by atoms with Gasteiger partial charge in [0.05, 0.1) is 18.9 Å². The largest absolute Gasteiger partial charge is 0.482 e. The zero-order valence-electron chi connectivity index (χ0n) is 12.3. The van der Waals surface area contributed by atoms with Gasteiger partial charge in [-0.2, -0.15) is 0 Å². The van der Waals surface area contributed by atoms with Crippen molar-refractivity contribution >= 4 is 11.6 Å². The van der Waals surface area contributed by atoms with Crippen molar-refractivity contribution < 1.29 is 19.0 Å². The summed E-state index contributed by atoms with van der Waals surface area (Å²) in [5, 5.41) is 6.15. The van der Waals surface area contributed by atoms with Gasteiger partial charge in [0.25, 0.3) is 5.91 Å². The van der Waals surface area contributed by atoms with Gasteiger partial charge in [0.15, 0.2) is 6.61 Å². The Morgan fingerprint density at radius 1 is 1.33 bits per heavy atom. The molecule has 0 bridgehead atoms. The fourth-order valence-corrected chi connectivity index (χ4v) is 2.02. The Balaban J connectivity index is 1.65. The van der Waals surface area contributed by atoms with Crippen molar-refractivity contribution in [2.45, 2.75) is 13.0 Å². The van der Waals surface area contributed by atoms with Crippen LogP contribution in [0.1, 0.15) is 12.0 Å². The Labute approximate surface area is 124 Å². The summed E-state index contributed by atoms with van der Waals surface area (Å²) in [5.74, 6) is 0.616. The molecule has 2 N–H and O–H groups in total. The quantitative estimate of drug-likeness (QED) is 0.669. The fourth-order valence-electron chi connectivity index (χ4n) is 2.02. The van der Waals surface area contributed by atoms with Gasteiger partial charge in [-0.25, -0.2) is 0 Å². The lowest BCUT2D eigenvalue weighted by atomic mass is 10.1. The summed E-state index contributed by atoms with van der Waals surface area (Å²) >= 11 is 0. The smallest absolute Gasteiger partial charge is 0.262 e. The first kappa shape index (κ1) is 15.8. The van der Waals surface area contributed by atoms with Crippen molar-refractivity contribution in [3.05, 3.63) is 23.8 Å². The van der Waals surface area contributed by atoms with E-state index in [0.717, 1.165) is 43.1 Å². The van der Waals surface area contributed by atoms with Crippen molar-refractivity contribution in [1.29, 1.82) is 0 Å². The molecule has 0 saturated carbocycles. The van der Waals surface area contributed by atoms with Crippen LogP contribution in [-0.2, 0) is 20.8 Å². The fraction of sp³-hybridized carbons (Fsp3) is 0.533. The molecule has 0 aliphatic carbocycles. The highest BCUT2D eigenvalue weighted by Crippen LogP contribution is 2.28. The first-order valence-electron chi connectivity index (χ1n) is 7.12. The number of anilines is 1. The maximum atomic E-state index is 11.3. The summed E-state index contributed by atoms with van der Waals surface area (Å²) < 4.78 is 15.6. The maximum Gasteiger partial charge on any atom is 0.262 e. The van der Waals surface area contributed by atoms with Crippen LogP contribution < -0.4 is 15.4 Å². The third-order valence-electron chi connectivity index (χ3n) is 3.08. The molecule has 6 heteroatoms. The van der Waals surface area contributed by atoms with E-state index in [-0.39, 0.29) is 12.5 Å². The first-order valence-corrected chi connectivity index (χ1v) is 7.12. The number of nitrogens with one attached hydrogen (secondary N) is 2. The van der Waals surface area contributed by atoms with E-state index >= 15 is 0 Å². The number of benzene rings is 1. The summed E-state index contributed by atoms with van der Waals surface area (Å²) in [6.07, 6.45) is 0.953. The third-order valence-corrected chi connectivity index (χ3v) is 3.08. The molecule has 2 rings (SSSR count). The Hall–Kier alpha value is -1.63. The highest BCUT2D eigenvalue weighted by molar-refractivity contribution is 5.95. The number of carbonyl (C=O) groups is 1. The zero-order valence-corrected chi connectivity index (χ0v) is 12.3. The van der Waals surface area contributed by atoms with Crippen LogP contribution in [-0.4, -0.2) is 46.0 Å². The molecule has 116 valence electrons. The molecule has 1 aliphatic heterocycles. The molecule has 0 atom stereocenters. The lowest BCUT2D eigenvalue weighted by Gasteiger charge is -2.18. The van der Waals surface area contributed by atoms with Crippen LogP contribution in [0.2, 0.25) is 0 Å². The Morgan fingerprint density at radius 3 is 3.10 bits per heavy atom. The molecule has 0 aromatic heterocycles. The van der Waals surface area contributed by atoms with Gasteiger partial charge in [0, 0.05) is 20.3 Å². The molecule has 0 spiro atoms. The lowest BCUT2D eigenvalue weighted by molar-refractivity contribution is -0.118. The average molecular weight is 294 g/mol. The van der Waals surface area contributed by atoms with E-state index < -0.39 is 0 Å². The number of hydrogen-bond donors (Lipinski definition) is 2. The van der Waals surface area contributed by atoms with Crippen LogP contribution in [0.5, 0.6) is 5.75 Å². The van der Waals surface area contributed by atoms with Gasteiger partial charge < -0.3 is 24.8 Å². The number of carbonyl (C=O) groups excluding carboxylic acids is 1. The molecule has 0 radical (unpaired) electrons. The highest BCUT2D eigenvalue weighted by atomic mass is 16.5. The van der Waals surface area contributed by atoms with E-state index in [1.807, 2.05) is 18.2 Å². The maximum absolute atomic E-state index is 11.3. The second-order valence-electron chi connectivity index (χ2n) is 4.80. The predicted octanol–water partition coefficient (Wildman–Crippen LogP) is 1.16. The summed E-state index contributed by atoms with van der Waals surface area (Å²) in [6, 6.07) is 5.83. The van der Waals surface area contributed by atoms with Gasteiger partial charge in [0.1, 0.15) is 5.75 Å². The molecule has 1 aromatic carbocycles. The van der Waals surface area contributed by atoms with Crippen LogP contribution in [0.3, 0.4) is 0 Å². The molecule has 0 unspecified atom stereocenters. The molecule has 1 aromatic rings. The highest BCUT2D eigenvalue weighted by Gasteiger charge is 2.15. The van der Waals surface area contributed by atoms with Crippen LogP contribution in [0.25, 0.3) is 0 Å². The van der Waals surface area contributed by atoms with E-state index in [1.54, 1.807) is 7.11 Å². The normalized spacial score (nSPS) is 13.5. The minimum atomic E-state index is -0.110. The van der Waals surface area contributed by atoms with Gasteiger partial charge in [-0.1, -0.05) is 6.07 Å². The second-order valence-corrected chi connectivity index (χ2v) is 4.80. The standard InChI is InChI=1S/C15H22N2O4/c1-19-7-8-20-6-2-5-16-10-12-3-4-14-13(9-12)17-15(18)11-21-14/h3-4,9,16H,2,5-8,10-11H2,1H3,(H,17,18). The predicted molar refractivity (Wildman–Crippen MR) is 79.6 cm³/mol. The topological polar surface area (TPSA) is 68.8 Å². The van der Waals surface area contributed by atoms with Gasteiger partial charge in [0.2, 0.25) is 0 Å². The number of amides is 1. The second kappa shape index (κ2) is 8.61. The number of rotatable bonds is 9. The molecule has 1 heterocycles. The van der Waals surface area contributed by atoms with Gasteiger partial charge in [-0.3, -0.25) is 4.79 Å². The summed E-state index contributed by atoms with van der Waals surface area (Å²) in [7, 11) is 1.66. The van der Waals surface area contributed by atoms with Gasteiger partial charge >= 0.3 is 0 Å². The van der Waals surface area contributed by atoms with Crippen molar-refractivity contribution in [2.24, 2.45) is 0 Å². The van der Waals surface area contributed by atoms with Gasteiger partial charge in [-0.15, -0.1) is 0 Å². The van der Waals surface area contributed by atoms with Gasteiger partial charge in [-0.05, 0) is 30.7 Å². The zero-order chi connectivity index (χ0) is 14.9. The van der Waals surface area contributed by atoms with E-state index in [9.17, 15) is 4.79 Å². The first-order chi connectivity index (χ1) is 10.3. The molecule has 21 heavy (non-hydrogen) atoms. The Bertz CT molecular complexity index is 465. The van der Waals surface area contributed by atoms with Crippen molar-refractivity contribution in [1.82, 2.24) is 5.32 Å². The Kier molecular flexibility index (Phi) is 6.46. The molecular weight excluding hydrogens is 272 g/mol. The van der Waals surface area contributed by atoms with Crippen molar-refractivity contribution in [3.8, 4) is 5.75 Å². The number of methoxy groups -OCH3 is 1.